The number of aromatic hydroxyl groups is 2. The van der Waals surface area contributed by atoms with Gasteiger partial charge in [0.15, 0.2) is 34.0 Å². The van der Waals surface area contributed by atoms with Crippen LogP contribution in [0.15, 0.2) is 24.3 Å². The number of nitrogens with zero attached hydrogens (tertiary/aromatic N) is 2. The second-order valence-corrected chi connectivity index (χ2v) is 4.63. The van der Waals surface area contributed by atoms with Gasteiger partial charge in [0, 0.05) is 17.0 Å². The number of hydrogen-bond donors (Lipinski definition) is 3. The monoisotopic (exact) mass is 305 g/mol. The molecular formula is C14H13N2O6+. The van der Waals surface area contributed by atoms with Gasteiger partial charge in [-0.05, 0) is 0 Å². The molecule has 0 spiro atoms. The standard InChI is InChI=1S/C14H12N2O6/c1-21-13-5-9-7(3-11(13)17)16(20)10-6-14(22-2)12(18)4-8(10)15(9)19/h3-6,19H,1-2H3,(H-,17,18,20)/p+1. The molecule has 2 aromatic carbocycles. The van der Waals surface area contributed by atoms with Crippen molar-refractivity contribution in [3.8, 4) is 23.0 Å². The summed E-state index contributed by atoms with van der Waals surface area (Å²) in [5.41, 5.74) is 0.283. The van der Waals surface area contributed by atoms with Gasteiger partial charge in [0.05, 0.1) is 30.8 Å². The maximum atomic E-state index is 12.5. The van der Waals surface area contributed by atoms with Gasteiger partial charge in [-0.25, -0.2) is 0 Å². The lowest BCUT2D eigenvalue weighted by Crippen LogP contribution is -2.20. The summed E-state index contributed by atoms with van der Waals surface area (Å²) in [7, 11) is 2.70. The Morgan fingerprint density at radius 3 is 2.05 bits per heavy atom. The highest BCUT2D eigenvalue weighted by atomic mass is 16.5. The summed E-state index contributed by atoms with van der Waals surface area (Å²) in [6.07, 6.45) is 0. The first-order valence-electron chi connectivity index (χ1n) is 6.26. The average molecular weight is 305 g/mol. The van der Waals surface area contributed by atoms with Gasteiger partial charge < -0.3 is 24.9 Å². The highest BCUT2D eigenvalue weighted by molar-refractivity contribution is 5.86. The van der Waals surface area contributed by atoms with Gasteiger partial charge in [0.25, 0.3) is 11.0 Å². The molecule has 0 unspecified atom stereocenters. The zero-order valence-corrected chi connectivity index (χ0v) is 11.8. The van der Waals surface area contributed by atoms with Crippen molar-refractivity contribution in [2.45, 2.75) is 0 Å². The fraction of sp³-hybridized carbons (Fsp3) is 0.143. The molecule has 114 valence electrons. The van der Waals surface area contributed by atoms with Crippen LogP contribution in [0.2, 0.25) is 0 Å². The summed E-state index contributed by atoms with van der Waals surface area (Å²) < 4.78 is 11.2. The number of fused-ring (bicyclic) bond motifs is 2. The highest BCUT2D eigenvalue weighted by Gasteiger charge is 2.23. The molecule has 0 atom stereocenters. The van der Waals surface area contributed by atoms with Gasteiger partial charge in [-0.1, -0.05) is 0 Å². The Balaban J connectivity index is 2.55. The first-order valence-corrected chi connectivity index (χ1v) is 6.26. The van der Waals surface area contributed by atoms with E-state index in [0.29, 0.717) is 4.43 Å². The third-order valence-corrected chi connectivity index (χ3v) is 3.45. The van der Waals surface area contributed by atoms with E-state index in [1.54, 1.807) is 0 Å². The number of phenolic OH excluding ortho intramolecular Hbond substituents is 2. The van der Waals surface area contributed by atoms with Crippen LogP contribution < -0.4 is 13.9 Å². The summed E-state index contributed by atoms with van der Waals surface area (Å²) in [5, 5.41) is 29.9. The molecule has 3 N–H and O–H groups in total. The third-order valence-electron chi connectivity index (χ3n) is 3.45. The first kappa shape index (κ1) is 13.8. The van der Waals surface area contributed by atoms with Crippen LogP contribution in [0, 0.1) is 4.91 Å². The number of rotatable bonds is 2. The maximum Gasteiger partial charge on any atom is 0.294 e. The van der Waals surface area contributed by atoms with E-state index < -0.39 is 0 Å². The second kappa shape index (κ2) is 4.69. The summed E-state index contributed by atoms with van der Waals surface area (Å²) in [6, 6.07) is 5.01. The van der Waals surface area contributed by atoms with Crippen molar-refractivity contribution in [2.75, 3.05) is 14.2 Å². The molecule has 0 bridgehead atoms. The zero-order chi connectivity index (χ0) is 16.0. The SMILES string of the molecule is COc1cc2c(cc1O)[n+](=O)c1cc(OC)c(O)cc1n2O. The molecule has 0 radical (unpaired) electrons. The molecule has 1 aromatic heterocycles. The minimum Gasteiger partial charge on any atom is -0.504 e. The number of ether oxygens (including phenoxy) is 2. The summed E-state index contributed by atoms with van der Waals surface area (Å²) >= 11 is 0. The van der Waals surface area contributed by atoms with Crippen molar-refractivity contribution in [1.29, 1.82) is 0 Å². The van der Waals surface area contributed by atoms with Crippen LogP contribution in [0.4, 0.5) is 0 Å². The second-order valence-electron chi connectivity index (χ2n) is 4.63. The van der Waals surface area contributed by atoms with Gasteiger partial charge >= 0.3 is 0 Å². The first-order chi connectivity index (χ1) is 10.5. The normalized spacial score (nSPS) is 11.0. The van der Waals surface area contributed by atoms with Gasteiger partial charge in [0.1, 0.15) is 0 Å². The van der Waals surface area contributed by atoms with Crippen LogP contribution >= 0.6 is 0 Å². The van der Waals surface area contributed by atoms with Crippen LogP contribution in [0.25, 0.3) is 22.1 Å². The Morgan fingerprint density at radius 1 is 0.909 bits per heavy atom. The van der Waals surface area contributed by atoms with Gasteiger partial charge in [-0.3, -0.25) is 0 Å². The van der Waals surface area contributed by atoms with Crippen molar-refractivity contribution < 1.29 is 29.3 Å². The minimum atomic E-state index is -0.232. The summed E-state index contributed by atoms with van der Waals surface area (Å²) in [5.74, 6) is -0.255. The third kappa shape index (κ3) is 1.77. The predicted octanol–water partition coefficient (Wildman–Crippen LogP) is 1.37. The van der Waals surface area contributed by atoms with Crippen LogP contribution in [-0.2, 0) is 0 Å². The minimum absolute atomic E-state index is 0.0287. The Morgan fingerprint density at radius 2 is 1.41 bits per heavy atom. The van der Waals surface area contributed by atoms with E-state index in [9.17, 15) is 20.3 Å². The average Bonchev–Trinajstić information content (AvgIpc) is 2.52. The molecule has 1 heterocycles. The molecule has 22 heavy (non-hydrogen) atoms. The number of phenols is 2. The van der Waals surface area contributed by atoms with E-state index in [-0.39, 0.29) is 45.1 Å². The lowest BCUT2D eigenvalue weighted by atomic mass is 10.2. The molecule has 0 aliphatic carbocycles. The number of benzene rings is 2. The van der Waals surface area contributed by atoms with Crippen molar-refractivity contribution in [2.24, 2.45) is 0 Å². The smallest absolute Gasteiger partial charge is 0.294 e. The maximum absolute atomic E-state index is 12.5. The van der Waals surface area contributed by atoms with E-state index >= 15 is 0 Å². The molecule has 0 fully saturated rings. The molecule has 3 aromatic rings. The Kier molecular flexibility index (Phi) is 2.94. The van der Waals surface area contributed by atoms with E-state index in [2.05, 4.69) is 0 Å². The van der Waals surface area contributed by atoms with Gasteiger partial charge in [0.2, 0.25) is 0 Å². The molecular weight excluding hydrogens is 292 g/mol. The van der Waals surface area contributed by atoms with Gasteiger partial charge in [-0.15, -0.1) is 0 Å². The van der Waals surface area contributed by atoms with Crippen molar-refractivity contribution >= 4 is 22.1 Å². The fourth-order valence-electron chi connectivity index (χ4n) is 2.34. The Bertz CT molecular complexity index is 963. The van der Waals surface area contributed by atoms with E-state index in [0.717, 1.165) is 4.73 Å². The Labute approximate surface area is 123 Å². The van der Waals surface area contributed by atoms with E-state index in [1.807, 2.05) is 0 Å². The van der Waals surface area contributed by atoms with Crippen molar-refractivity contribution in [3.05, 3.63) is 29.2 Å². The zero-order valence-electron chi connectivity index (χ0n) is 11.8. The Hall–Kier alpha value is -3.16. The molecule has 0 aliphatic rings. The van der Waals surface area contributed by atoms with E-state index in [1.165, 1.54) is 38.5 Å². The number of hydrogen-bond acceptors (Lipinski definition) is 6. The fourth-order valence-corrected chi connectivity index (χ4v) is 2.34. The predicted molar refractivity (Wildman–Crippen MR) is 76.4 cm³/mol. The summed E-state index contributed by atoms with van der Waals surface area (Å²) in [6.45, 7) is 0. The molecule has 3 rings (SSSR count). The van der Waals surface area contributed by atoms with Crippen LogP contribution in [-0.4, -0.2) is 34.4 Å². The van der Waals surface area contributed by atoms with Crippen LogP contribution in [0.1, 0.15) is 0 Å². The summed E-state index contributed by atoms with van der Waals surface area (Å²) in [4.78, 5) is 12.5. The number of methoxy groups -OCH3 is 2. The van der Waals surface area contributed by atoms with Gasteiger partial charge in [-0.2, -0.15) is 4.73 Å². The highest BCUT2D eigenvalue weighted by Crippen LogP contribution is 2.33. The molecule has 0 saturated heterocycles. The quantitative estimate of drug-likeness (QED) is 0.375. The van der Waals surface area contributed by atoms with E-state index in [4.69, 9.17) is 9.47 Å². The molecule has 8 heteroatoms. The van der Waals surface area contributed by atoms with Crippen molar-refractivity contribution in [1.82, 2.24) is 4.73 Å². The van der Waals surface area contributed by atoms with Crippen molar-refractivity contribution in [3.63, 3.8) is 0 Å². The lowest BCUT2D eigenvalue weighted by molar-refractivity contribution is -0.433. The molecule has 0 saturated carbocycles. The topological polar surface area (TPSA) is 107 Å². The lowest BCUT2D eigenvalue weighted by Gasteiger charge is -2.08. The largest absolute Gasteiger partial charge is 0.504 e. The molecule has 0 aliphatic heterocycles. The van der Waals surface area contributed by atoms with Crippen LogP contribution in [0.5, 0.6) is 23.0 Å². The molecule has 0 amide bonds. The molecule has 8 nitrogen and oxygen atoms in total. The van der Waals surface area contributed by atoms with Crippen LogP contribution in [0.3, 0.4) is 0 Å². The number of aromatic nitrogens is 2.